The molecule has 2 saturated heterocycles. The maximum absolute atomic E-state index is 5.87. The van der Waals surface area contributed by atoms with E-state index in [1.807, 2.05) is 24.4 Å². The average molecular weight is 281 g/mol. The number of aromatic nitrogens is 1. The second-order valence-electron chi connectivity index (χ2n) is 5.80. The van der Waals surface area contributed by atoms with Crippen LogP contribution in [0.2, 0.25) is 0 Å². The first-order valence-corrected chi connectivity index (χ1v) is 7.50. The SMILES string of the molecule is c1ccc(COc2cncc(N3C[C@H]4C[C@@H]3CN4)c2)cc1. The Morgan fingerprint density at radius 1 is 1.24 bits per heavy atom. The lowest BCUT2D eigenvalue weighted by atomic mass is 10.2. The molecule has 2 bridgehead atoms. The first kappa shape index (κ1) is 12.7. The number of nitrogens with zero attached hydrogens (tertiary/aromatic N) is 2. The van der Waals surface area contributed by atoms with Gasteiger partial charge in [0.2, 0.25) is 0 Å². The van der Waals surface area contributed by atoms with Crippen LogP contribution in [0.15, 0.2) is 48.8 Å². The van der Waals surface area contributed by atoms with Gasteiger partial charge >= 0.3 is 0 Å². The van der Waals surface area contributed by atoms with E-state index in [9.17, 15) is 0 Å². The lowest BCUT2D eigenvalue weighted by Gasteiger charge is -2.29. The molecule has 0 aliphatic carbocycles. The summed E-state index contributed by atoms with van der Waals surface area (Å²) in [6, 6.07) is 13.6. The monoisotopic (exact) mass is 281 g/mol. The van der Waals surface area contributed by atoms with Gasteiger partial charge in [0, 0.05) is 31.2 Å². The van der Waals surface area contributed by atoms with E-state index in [4.69, 9.17) is 4.74 Å². The van der Waals surface area contributed by atoms with Crippen LogP contribution in [-0.4, -0.2) is 30.2 Å². The van der Waals surface area contributed by atoms with Crippen LogP contribution < -0.4 is 15.0 Å². The molecule has 2 aromatic rings. The fraction of sp³-hybridized carbons (Fsp3) is 0.353. The highest BCUT2D eigenvalue weighted by molar-refractivity contribution is 5.51. The van der Waals surface area contributed by atoms with Crippen LogP contribution in [0.4, 0.5) is 5.69 Å². The largest absolute Gasteiger partial charge is 0.487 e. The van der Waals surface area contributed by atoms with Gasteiger partial charge in [-0.1, -0.05) is 30.3 Å². The Balaban J connectivity index is 1.46. The van der Waals surface area contributed by atoms with Gasteiger partial charge in [-0.3, -0.25) is 4.98 Å². The minimum atomic E-state index is 0.583. The molecule has 2 aliphatic rings. The van der Waals surface area contributed by atoms with Gasteiger partial charge in [0.25, 0.3) is 0 Å². The standard InChI is InChI=1S/C17H19N3O/c1-2-4-13(5-3-1)12-21-17-7-16(8-18-10-17)20-11-14-6-15(20)9-19-14/h1-5,7-8,10,14-15,19H,6,9,11-12H2/t14-,15-/m1/s1. The van der Waals surface area contributed by atoms with Gasteiger partial charge in [-0.2, -0.15) is 0 Å². The summed E-state index contributed by atoms with van der Waals surface area (Å²) in [6.45, 7) is 2.74. The summed E-state index contributed by atoms with van der Waals surface area (Å²) in [6.07, 6.45) is 4.98. The van der Waals surface area contributed by atoms with E-state index in [1.54, 1.807) is 6.20 Å². The second-order valence-corrected chi connectivity index (χ2v) is 5.80. The summed E-state index contributed by atoms with van der Waals surface area (Å²) in [7, 11) is 0. The molecule has 0 radical (unpaired) electrons. The number of ether oxygens (including phenoxy) is 1. The molecule has 4 rings (SSSR count). The third-order valence-corrected chi connectivity index (χ3v) is 4.34. The lowest BCUT2D eigenvalue weighted by molar-refractivity contribution is 0.305. The quantitative estimate of drug-likeness (QED) is 0.932. The van der Waals surface area contributed by atoms with Crippen molar-refractivity contribution in [2.24, 2.45) is 0 Å². The summed E-state index contributed by atoms with van der Waals surface area (Å²) >= 11 is 0. The minimum absolute atomic E-state index is 0.583. The van der Waals surface area contributed by atoms with Crippen LogP contribution in [0, 0.1) is 0 Å². The van der Waals surface area contributed by atoms with Crippen molar-refractivity contribution in [3.8, 4) is 5.75 Å². The molecular formula is C17H19N3O. The van der Waals surface area contributed by atoms with Gasteiger partial charge in [-0.05, 0) is 12.0 Å². The van der Waals surface area contributed by atoms with Crippen LogP contribution in [0.5, 0.6) is 5.75 Å². The zero-order valence-electron chi connectivity index (χ0n) is 11.9. The summed E-state index contributed by atoms with van der Waals surface area (Å²) < 4.78 is 5.87. The van der Waals surface area contributed by atoms with E-state index >= 15 is 0 Å². The molecule has 3 heterocycles. The third-order valence-electron chi connectivity index (χ3n) is 4.34. The maximum Gasteiger partial charge on any atom is 0.140 e. The van der Waals surface area contributed by atoms with Crippen LogP contribution >= 0.6 is 0 Å². The van der Waals surface area contributed by atoms with Crippen LogP contribution in [0.25, 0.3) is 0 Å². The number of hydrogen-bond donors (Lipinski definition) is 1. The van der Waals surface area contributed by atoms with Crippen LogP contribution in [0.3, 0.4) is 0 Å². The summed E-state index contributed by atoms with van der Waals surface area (Å²) in [5.74, 6) is 0.840. The topological polar surface area (TPSA) is 37.4 Å². The smallest absolute Gasteiger partial charge is 0.140 e. The Kier molecular flexibility index (Phi) is 3.24. The van der Waals surface area contributed by atoms with E-state index in [-0.39, 0.29) is 0 Å². The zero-order chi connectivity index (χ0) is 14.1. The fourth-order valence-corrected chi connectivity index (χ4v) is 3.26. The molecule has 0 saturated carbocycles. The normalized spacial score (nSPS) is 23.5. The number of rotatable bonds is 4. The van der Waals surface area contributed by atoms with Gasteiger partial charge in [0.1, 0.15) is 12.4 Å². The minimum Gasteiger partial charge on any atom is -0.487 e. The van der Waals surface area contributed by atoms with Crippen molar-refractivity contribution in [2.75, 3.05) is 18.0 Å². The summed E-state index contributed by atoms with van der Waals surface area (Å²) in [5.41, 5.74) is 2.35. The zero-order valence-corrected chi connectivity index (χ0v) is 11.9. The molecule has 1 N–H and O–H groups in total. The molecule has 0 unspecified atom stereocenters. The predicted octanol–water partition coefficient (Wildman–Crippen LogP) is 2.21. The predicted molar refractivity (Wildman–Crippen MR) is 82.6 cm³/mol. The molecule has 4 heteroatoms. The van der Waals surface area contributed by atoms with Crippen molar-refractivity contribution in [3.63, 3.8) is 0 Å². The Labute approximate surface area is 124 Å². The highest BCUT2D eigenvalue weighted by Crippen LogP contribution is 2.30. The highest BCUT2D eigenvalue weighted by atomic mass is 16.5. The third kappa shape index (κ3) is 2.59. The number of nitrogens with one attached hydrogen (secondary N) is 1. The van der Waals surface area contributed by atoms with E-state index in [0.29, 0.717) is 18.7 Å². The van der Waals surface area contributed by atoms with Crippen molar-refractivity contribution in [3.05, 3.63) is 54.4 Å². The maximum atomic E-state index is 5.87. The van der Waals surface area contributed by atoms with Gasteiger partial charge in [-0.15, -0.1) is 0 Å². The van der Waals surface area contributed by atoms with Gasteiger partial charge in [-0.25, -0.2) is 0 Å². The van der Waals surface area contributed by atoms with Crippen molar-refractivity contribution in [2.45, 2.75) is 25.1 Å². The molecule has 4 nitrogen and oxygen atoms in total. The summed E-state index contributed by atoms with van der Waals surface area (Å²) in [5, 5.41) is 3.52. The molecule has 108 valence electrons. The molecule has 0 amide bonds. The number of hydrogen-bond acceptors (Lipinski definition) is 4. The van der Waals surface area contributed by atoms with Crippen molar-refractivity contribution in [1.29, 1.82) is 0 Å². The Hall–Kier alpha value is -2.07. The number of fused-ring (bicyclic) bond motifs is 2. The summed E-state index contributed by atoms with van der Waals surface area (Å²) in [4.78, 5) is 6.79. The number of benzene rings is 1. The van der Waals surface area contributed by atoms with E-state index in [1.165, 1.54) is 17.7 Å². The van der Waals surface area contributed by atoms with Gasteiger partial charge in [0.05, 0.1) is 18.1 Å². The first-order chi connectivity index (χ1) is 10.4. The Morgan fingerprint density at radius 2 is 2.14 bits per heavy atom. The molecule has 1 aromatic carbocycles. The fourth-order valence-electron chi connectivity index (χ4n) is 3.26. The Morgan fingerprint density at radius 3 is 2.90 bits per heavy atom. The Bertz CT molecular complexity index is 616. The molecule has 21 heavy (non-hydrogen) atoms. The van der Waals surface area contributed by atoms with Crippen LogP contribution in [-0.2, 0) is 6.61 Å². The van der Waals surface area contributed by atoms with Gasteiger partial charge in [0.15, 0.2) is 0 Å². The molecule has 1 aromatic heterocycles. The molecule has 2 aliphatic heterocycles. The molecule has 2 fully saturated rings. The number of anilines is 1. The molecule has 0 spiro atoms. The van der Waals surface area contributed by atoms with E-state index in [2.05, 4.69) is 33.4 Å². The van der Waals surface area contributed by atoms with Crippen molar-refractivity contribution >= 4 is 5.69 Å². The van der Waals surface area contributed by atoms with Gasteiger partial charge < -0.3 is 15.0 Å². The second kappa shape index (κ2) is 5.37. The molecular weight excluding hydrogens is 262 g/mol. The van der Waals surface area contributed by atoms with E-state index in [0.717, 1.165) is 18.8 Å². The lowest BCUT2D eigenvalue weighted by Crippen LogP contribution is -2.43. The van der Waals surface area contributed by atoms with Crippen molar-refractivity contribution < 1.29 is 4.74 Å². The van der Waals surface area contributed by atoms with Crippen molar-refractivity contribution in [1.82, 2.24) is 10.3 Å². The number of pyridine rings is 1. The highest BCUT2D eigenvalue weighted by Gasteiger charge is 2.37. The van der Waals surface area contributed by atoms with E-state index < -0.39 is 0 Å². The van der Waals surface area contributed by atoms with Crippen LogP contribution in [0.1, 0.15) is 12.0 Å². The number of piperazine rings is 1. The average Bonchev–Trinajstić information content (AvgIpc) is 3.17. The first-order valence-electron chi connectivity index (χ1n) is 7.50. The molecule has 2 atom stereocenters.